The van der Waals surface area contributed by atoms with Gasteiger partial charge in [0.1, 0.15) is 4.88 Å². The fourth-order valence-corrected chi connectivity index (χ4v) is 2.26. The van der Waals surface area contributed by atoms with Gasteiger partial charge in [-0.3, -0.25) is 9.63 Å². The summed E-state index contributed by atoms with van der Waals surface area (Å²) in [5.41, 5.74) is 6.22. The normalized spacial score (nSPS) is 16.7. The highest BCUT2D eigenvalue weighted by atomic mass is 32.1. The zero-order valence-electron chi connectivity index (χ0n) is 8.52. The van der Waals surface area contributed by atoms with E-state index in [-0.39, 0.29) is 5.91 Å². The van der Waals surface area contributed by atoms with Crippen LogP contribution in [0, 0.1) is 6.92 Å². The van der Waals surface area contributed by atoms with E-state index < -0.39 is 0 Å². The number of nitrogen functional groups attached to an aromatic ring is 1. The Labute approximate surface area is 91.8 Å². The van der Waals surface area contributed by atoms with Crippen molar-refractivity contribution in [1.82, 2.24) is 10.0 Å². The molecule has 1 amide bonds. The molecule has 2 heterocycles. The predicted octanol–water partition coefficient (Wildman–Crippen LogP) is 1.20. The van der Waals surface area contributed by atoms with E-state index in [4.69, 9.17) is 10.6 Å². The highest BCUT2D eigenvalue weighted by Crippen LogP contribution is 2.22. The molecule has 6 heteroatoms. The highest BCUT2D eigenvalue weighted by Gasteiger charge is 2.23. The average molecular weight is 227 g/mol. The van der Waals surface area contributed by atoms with Gasteiger partial charge in [0.05, 0.1) is 12.3 Å². The molecule has 2 rings (SSSR count). The molecule has 0 atom stereocenters. The maximum Gasteiger partial charge on any atom is 0.289 e. The van der Waals surface area contributed by atoms with Gasteiger partial charge in [-0.1, -0.05) is 11.3 Å². The molecule has 0 spiro atoms. The molecule has 0 radical (unpaired) electrons. The van der Waals surface area contributed by atoms with E-state index >= 15 is 0 Å². The fraction of sp³-hybridized carbons (Fsp3) is 0.556. The van der Waals surface area contributed by atoms with Crippen molar-refractivity contribution < 1.29 is 9.63 Å². The zero-order chi connectivity index (χ0) is 10.8. The summed E-state index contributed by atoms with van der Waals surface area (Å²) < 4.78 is 0. The largest absolute Gasteiger partial charge is 0.375 e. The first-order valence-corrected chi connectivity index (χ1v) is 5.68. The Balaban J connectivity index is 2.16. The molecular formula is C9H13N3O2S. The Morgan fingerprint density at radius 2 is 2.40 bits per heavy atom. The molecule has 0 unspecified atom stereocenters. The third kappa shape index (κ3) is 2.10. The number of carbonyl (C=O) groups excluding carboxylic acids is 1. The van der Waals surface area contributed by atoms with Gasteiger partial charge in [-0.15, -0.1) is 0 Å². The molecule has 1 aromatic rings. The Morgan fingerprint density at radius 1 is 1.60 bits per heavy atom. The topological polar surface area (TPSA) is 68.5 Å². The van der Waals surface area contributed by atoms with Crippen molar-refractivity contribution in [2.24, 2.45) is 0 Å². The number of hydrogen-bond acceptors (Lipinski definition) is 5. The van der Waals surface area contributed by atoms with E-state index in [0.717, 1.165) is 12.8 Å². The van der Waals surface area contributed by atoms with E-state index in [2.05, 4.69) is 4.98 Å². The number of nitrogens with two attached hydrogens (primary N) is 1. The van der Waals surface area contributed by atoms with Gasteiger partial charge in [0.25, 0.3) is 5.91 Å². The van der Waals surface area contributed by atoms with Crippen molar-refractivity contribution in [2.45, 2.75) is 19.8 Å². The molecule has 1 aromatic heterocycles. The number of thiazole rings is 1. The minimum absolute atomic E-state index is 0.124. The summed E-state index contributed by atoms with van der Waals surface area (Å²) in [7, 11) is 0. The van der Waals surface area contributed by atoms with Gasteiger partial charge in [0.2, 0.25) is 0 Å². The highest BCUT2D eigenvalue weighted by molar-refractivity contribution is 7.17. The first-order chi connectivity index (χ1) is 7.18. The van der Waals surface area contributed by atoms with Crippen LogP contribution in [0.15, 0.2) is 0 Å². The molecule has 1 fully saturated rings. The molecule has 1 aliphatic rings. The van der Waals surface area contributed by atoms with Crippen molar-refractivity contribution in [2.75, 3.05) is 18.9 Å². The summed E-state index contributed by atoms with van der Waals surface area (Å²) in [6.07, 6.45) is 1.99. The van der Waals surface area contributed by atoms with E-state index in [1.54, 1.807) is 6.92 Å². The second kappa shape index (κ2) is 4.16. The van der Waals surface area contributed by atoms with Crippen LogP contribution >= 0.6 is 11.3 Å². The number of amides is 1. The maximum atomic E-state index is 11.9. The lowest BCUT2D eigenvalue weighted by atomic mass is 10.3. The molecule has 0 bridgehead atoms. The minimum Gasteiger partial charge on any atom is -0.375 e. The molecule has 5 nitrogen and oxygen atoms in total. The quantitative estimate of drug-likeness (QED) is 0.782. The zero-order valence-corrected chi connectivity index (χ0v) is 9.34. The van der Waals surface area contributed by atoms with Crippen molar-refractivity contribution in [3.8, 4) is 0 Å². The second-order valence-electron chi connectivity index (χ2n) is 3.41. The second-order valence-corrected chi connectivity index (χ2v) is 4.44. The third-order valence-corrected chi connectivity index (χ3v) is 3.21. The van der Waals surface area contributed by atoms with Crippen molar-refractivity contribution in [3.05, 3.63) is 10.6 Å². The van der Waals surface area contributed by atoms with Crippen LogP contribution < -0.4 is 5.73 Å². The molecule has 1 aliphatic heterocycles. The average Bonchev–Trinajstić information content (AvgIpc) is 2.58. The fourth-order valence-electron chi connectivity index (χ4n) is 1.49. The monoisotopic (exact) mass is 227 g/mol. The van der Waals surface area contributed by atoms with Crippen molar-refractivity contribution >= 4 is 22.4 Å². The number of aromatic nitrogens is 1. The Hall–Kier alpha value is -1.14. The van der Waals surface area contributed by atoms with Crippen LogP contribution in [0.1, 0.15) is 28.2 Å². The summed E-state index contributed by atoms with van der Waals surface area (Å²) in [5, 5.41) is 1.83. The van der Waals surface area contributed by atoms with E-state index in [9.17, 15) is 4.79 Å². The number of nitrogens with zero attached hydrogens (tertiary/aromatic N) is 2. The molecule has 1 saturated heterocycles. The summed E-state index contributed by atoms with van der Waals surface area (Å²) in [4.78, 5) is 21.8. The first kappa shape index (κ1) is 10.4. The van der Waals surface area contributed by atoms with Crippen LogP contribution in [-0.4, -0.2) is 29.1 Å². The summed E-state index contributed by atoms with van der Waals surface area (Å²) in [6.45, 7) is 3.04. The molecule has 0 aliphatic carbocycles. The predicted molar refractivity (Wildman–Crippen MR) is 57.5 cm³/mol. The van der Waals surface area contributed by atoms with Crippen LogP contribution in [0.4, 0.5) is 5.13 Å². The van der Waals surface area contributed by atoms with Crippen LogP contribution in [0.2, 0.25) is 0 Å². The van der Waals surface area contributed by atoms with Gasteiger partial charge in [-0.05, 0) is 19.8 Å². The number of anilines is 1. The van der Waals surface area contributed by atoms with Crippen LogP contribution in [0.25, 0.3) is 0 Å². The van der Waals surface area contributed by atoms with Gasteiger partial charge >= 0.3 is 0 Å². The molecular weight excluding hydrogens is 214 g/mol. The minimum atomic E-state index is -0.124. The van der Waals surface area contributed by atoms with Gasteiger partial charge in [-0.2, -0.15) is 0 Å². The summed E-state index contributed by atoms with van der Waals surface area (Å²) >= 11 is 1.21. The lowest BCUT2D eigenvalue weighted by Gasteiger charge is -2.25. The lowest BCUT2D eigenvalue weighted by Crippen LogP contribution is -2.35. The lowest BCUT2D eigenvalue weighted by molar-refractivity contribution is -0.144. The van der Waals surface area contributed by atoms with E-state index in [1.165, 1.54) is 16.4 Å². The van der Waals surface area contributed by atoms with Gasteiger partial charge in [0.15, 0.2) is 5.13 Å². The third-order valence-electron chi connectivity index (χ3n) is 2.24. The Morgan fingerprint density at radius 3 is 2.93 bits per heavy atom. The molecule has 82 valence electrons. The summed E-state index contributed by atoms with van der Waals surface area (Å²) in [6, 6.07) is 0. The van der Waals surface area contributed by atoms with Crippen molar-refractivity contribution in [1.29, 1.82) is 0 Å². The van der Waals surface area contributed by atoms with Crippen molar-refractivity contribution in [3.63, 3.8) is 0 Å². The number of rotatable bonds is 1. The summed E-state index contributed by atoms with van der Waals surface area (Å²) in [5.74, 6) is -0.124. The molecule has 2 N–H and O–H groups in total. The van der Waals surface area contributed by atoms with Gasteiger partial charge in [0, 0.05) is 6.54 Å². The maximum absolute atomic E-state index is 11.9. The number of aryl methyl sites for hydroxylation is 1. The van der Waals surface area contributed by atoms with E-state index in [0.29, 0.717) is 28.9 Å². The smallest absolute Gasteiger partial charge is 0.289 e. The van der Waals surface area contributed by atoms with Crippen LogP contribution in [0.3, 0.4) is 0 Å². The number of hydroxylamine groups is 2. The first-order valence-electron chi connectivity index (χ1n) is 4.86. The Bertz CT molecular complexity index is 371. The van der Waals surface area contributed by atoms with E-state index in [1.807, 2.05) is 0 Å². The standard InChI is InChI=1S/C9H13N3O2S/c1-6-7(15-9(10)11-6)8(13)12-4-2-3-5-14-12/h2-5H2,1H3,(H2,10,11). The Kier molecular flexibility index (Phi) is 2.88. The number of hydrogen-bond donors (Lipinski definition) is 1. The number of carbonyl (C=O) groups is 1. The molecule has 0 saturated carbocycles. The van der Waals surface area contributed by atoms with Gasteiger partial charge < -0.3 is 5.73 Å². The van der Waals surface area contributed by atoms with Gasteiger partial charge in [-0.25, -0.2) is 10.0 Å². The van der Waals surface area contributed by atoms with Crippen LogP contribution in [0.5, 0.6) is 0 Å². The SMILES string of the molecule is Cc1nc(N)sc1C(=O)N1CCCCO1. The molecule has 0 aromatic carbocycles. The van der Waals surface area contributed by atoms with Crippen LogP contribution in [-0.2, 0) is 4.84 Å². The molecule has 15 heavy (non-hydrogen) atoms.